The van der Waals surface area contributed by atoms with Crippen LogP contribution >= 0.6 is 11.6 Å². The molecule has 1 aromatic carbocycles. The van der Waals surface area contributed by atoms with Crippen LogP contribution in [0.25, 0.3) is 0 Å². The first kappa shape index (κ1) is 19.2. The van der Waals surface area contributed by atoms with Gasteiger partial charge in [-0.25, -0.2) is 12.7 Å². The highest BCUT2D eigenvalue weighted by molar-refractivity contribution is 7.88. The number of halogens is 1. The van der Waals surface area contributed by atoms with Crippen LogP contribution in [-0.4, -0.2) is 50.3 Å². The van der Waals surface area contributed by atoms with E-state index in [-0.39, 0.29) is 5.75 Å². The van der Waals surface area contributed by atoms with Gasteiger partial charge in [-0.1, -0.05) is 30.7 Å². The first-order valence-corrected chi connectivity index (χ1v) is 11.4. The molecule has 0 bridgehead atoms. The highest BCUT2D eigenvalue weighted by Gasteiger charge is 2.29. The Labute approximate surface area is 157 Å². The van der Waals surface area contributed by atoms with Gasteiger partial charge in [0.15, 0.2) is 0 Å². The third-order valence-corrected chi connectivity index (χ3v) is 7.55. The number of benzene rings is 1. The van der Waals surface area contributed by atoms with Gasteiger partial charge in [0.25, 0.3) is 0 Å². The van der Waals surface area contributed by atoms with E-state index < -0.39 is 10.0 Å². The van der Waals surface area contributed by atoms with Crippen LogP contribution in [0.4, 0.5) is 0 Å². The number of hydrogen-bond acceptors (Lipinski definition) is 3. The second kappa shape index (κ2) is 8.38. The molecule has 2 saturated heterocycles. The molecule has 25 heavy (non-hydrogen) atoms. The van der Waals surface area contributed by atoms with Gasteiger partial charge in [-0.15, -0.1) is 0 Å². The Kier molecular flexibility index (Phi) is 6.42. The Morgan fingerprint density at radius 1 is 1.16 bits per heavy atom. The molecule has 0 radical (unpaired) electrons. The molecule has 2 heterocycles. The van der Waals surface area contributed by atoms with Crippen molar-refractivity contribution in [3.8, 4) is 0 Å². The summed E-state index contributed by atoms with van der Waals surface area (Å²) in [5, 5.41) is 0.585. The van der Waals surface area contributed by atoms with E-state index in [0.717, 1.165) is 30.9 Å². The minimum absolute atomic E-state index is 0.0435. The van der Waals surface area contributed by atoms with E-state index in [4.69, 9.17) is 11.6 Å². The first-order chi connectivity index (χ1) is 11.9. The lowest BCUT2D eigenvalue weighted by molar-refractivity contribution is 0.136. The fraction of sp³-hybridized carbons (Fsp3) is 0.684. The van der Waals surface area contributed by atoms with Crippen molar-refractivity contribution in [3.63, 3.8) is 0 Å². The number of nitrogens with zero attached hydrogens (tertiary/aromatic N) is 2. The molecule has 3 rings (SSSR count). The number of sulfonamides is 1. The van der Waals surface area contributed by atoms with Crippen molar-refractivity contribution in [2.45, 2.75) is 38.4 Å². The predicted octanol–water partition coefficient (Wildman–Crippen LogP) is 3.61. The van der Waals surface area contributed by atoms with Crippen molar-refractivity contribution in [2.24, 2.45) is 11.8 Å². The average Bonchev–Trinajstić information content (AvgIpc) is 2.55. The van der Waals surface area contributed by atoms with Gasteiger partial charge in [0.1, 0.15) is 0 Å². The quantitative estimate of drug-likeness (QED) is 0.778. The van der Waals surface area contributed by atoms with Crippen molar-refractivity contribution >= 4 is 21.6 Å². The Morgan fingerprint density at radius 2 is 1.92 bits per heavy atom. The first-order valence-electron chi connectivity index (χ1n) is 9.37. The lowest BCUT2D eigenvalue weighted by Crippen LogP contribution is -2.43. The Balaban J connectivity index is 1.51. The van der Waals surface area contributed by atoms with Crippen molar-refractivity contribution in [1.82, 2.24) is 9.21 Å². The molecule has 2 aliphatic heterocycles. The molecule has 0 saturated carbocycles. The second-order valence-corrected chi connectivity index (χ2v) is 10.1. The van der Waals surface area contributed by atoms with Crippen LogP contribution in [0.3, 0.4) is 0 Å². The topological polar surface area (TPSA) is 40.6 Å². The third-order valence-electron chi connectivity index (χ3n) is 5.46. The van der Waals surface area contributed by atoms with Crippen molar-refractivity contribution in [3.05, 3.63) is 34.9 Å². The van der Waals surface area contributed by atoms with Crippen LogP contribution in [0, 0.1) is 11.8 Å². The van der Waals surface area contributed by atoms with Crippen LogP contribution in [0.5, 0.6) is 0 Å². The smallest absolute Gasteiger partial charge is 0.218 e. The average molecular weight is 385 g/mol. The van der Waals surface area contributed by atoms with E-state index in [1.54, 1.807) is 22.5 Å². The second-order valence-electron chi connectivity index (χ2n) is 7.74. The molecular formula is C19H29ClN2O2S. The van der Waals surface area contributed by atoms with Gasteiger partial charge in [-0.2, -0.15) is 0 Å². The molecular weight excluding hydrogens is 356 g/mol. The van der Waals surface area contributed by atoms with Gasteiger partial charge in [0.05, 0.1) is 5.75 Å². The Morgan fingerprint density at radius 3 is 2.60 bits per heavy atom. The summed E-state index contributed by atoms with van der Waals surface area (Å²) in [6.07, 6.45) is 4.59. The minimum Gasteiger partial charge on any atom is -0.303 e. The summed E-state index contributed by atoms with van der Waals surface area (Å²) < 4.78 is 27.0. The molecule has 0 aromatic heterocycles. The van der Waals surface area contributed by atoms with E-state index >= 15 is 0 Å². The summed E-state index contributed by atoms with van der Waals surface area (Å²) in [6.45, 7) is 7.17. The molecule has 140 valence electrons. The standard InChI is InChI=1S/C19H29ClN2O2S/c1-16-4-3-9-21(13-16)14-17-7-10-22(11-8-17)25(23,24)15-18-5-2-6-19(20)12-18/h2,5-6,12,16-17H,3-4,7-11,13-15H2,1H3. The van der Waals surface area contributed by atoms with Crippen molar-refractivity contribution in [2.75, 3.05) is 32.7 Å². The lowest BCUT2D eigenvalue weighted by Gasteiger charge is -2.37. The Bertz CT molecular complexity index is 672. The summed E-state index contributed by atoms with van der Waals surface area (Å²) in [7, 11) is -3.26. The molecule has 2 aliphatic rings. The van der Waals surface area contributed by atoms with Gasteiger partial charge in [0.2, 0.25) is 10.0 Å². The van der Waals surface area contributed by atoms with Crippen LogP contribution < -0.4 is 0 Å². The van der Waals surface area contributed by atoms with Gasteiger partial charge in [-0.05, 0) is 61.8 Å². The molecule has 0 spiro atoms. The van der Waals surface area contributed by atoms with E-state index in [9.17, 15) is 8.42 Å². The summed E-state index contributed by atoms with van der Waals surface area (Å²) in [6, 6.07) is 7.14. The van der Waals surface area contributed by atoms with Crippen LogP contribution in [0.15, 0.2) is 24.3 Å². The zero-order valence-electron chi connectivity index (χ0n) is 15.0. The van der Waals surface area contributed by atoms with E-state index in [1.165, 1.54) is 25.9 Å². The summed E-state index contributed by atoms with van der Waals surface area (Å²) in [5.41, 5.74) is 0.761. The van der Waals surface area contributed by atoms with Crippen LogP contribution in [0.2, 0.25) is 5.02 Å². The minimum atomic E-state index is -3.26. The summed E-state index contributed by atoms with van der Waals surface area (Å²) >= 11 is 5.97. The predicted molar refractivity (Wildman–Crippen MR) is 103 cm³/mol. The monoisotopic (exact) mass is 384 g/mol. The van der Waals surface area contributed by atoms with E-state index in [1.807, 2.05) is 6.07 Å². The highest BCUT2D eigenvalue weighted by atomic mass is 35.5. The number of likely N-dealkylation sites (tertiary alicyclic amines) is 1. The van der Waals surface area contributed by atoms with Crippen molar-refractivity contribution < 1.29 is 8.42 Å². The third kappa shape index (κ3) is 5.43. The maximum atomic E-state index is 12.7. The highest BCUT2D eigenvalue weighted by Crippen LogP contribution is 2.25. The largest absolute Gasteiger partial charge is 0.303 e. The molecule has 0 N–H and O–H groups in total. The van der Waals surface area contributed by atoms with Gasteiger partial charge < -0.3 is 4.90 Å². The van der Waals surface area contributed by atoms with Gasteiger partial charge in [-0.3, -0.25) is 0 Å². The molecule has 1 atom stereocenters. The fourth-order valence-electron chi connectivity index (χ4n) is 4.12. The molecule has 0 aliphatic carbocycles. The molecule has 0 amide bonds. The zero-order valence-corrected chi connectivity index (χ0v) is 16.6. The number of hydrogen-bond donors (Lipinski definition) is 0. The molecule has 2 fully saturated rings. The summed E-state index contributed by atoms with van der Waals surface area (Å²) in [5.74, 6) is 1.47. The fourth-order valence-corrected chi connectivity index (χ4v) is 5.88. The van der Waals surface area contributed by atoms with E-state index in [0.29, 0.717) is 24.0 Å². The zero-order chi connectivity index (χ0) is 17.9. The lowest BCUT2D eigenvalue weighted by atomic mass is 9.94. The maximum absolute atomic E-state index is 12.7. The maximum Gasteiger partial charge on any atom is 0.218 e. The van der Waals surface area contributed by atoms with Crippen LogP contribution in [-0.2, 0) is 15.8 Å². The molecule has 1 aromatic rings. The van der Waals surface area contributed by atoms with E-state index in [2.05, 4.69) is 11.8 Å². The Hall–Kier alpha value is -0.620. The number of piperidine rings is 2. The SMILES string of the molecule is CC1CCCN(CC2CCN(S(=O)(=O)Cc3cccc(Cl)c3)CC2)C1. The molecule has 1 unspecified atom stereocenters. The molecule has 4 nitrogen and oxygen atoms in total. The van der Waals surface area contributed by atoms with Crippen molar-refractivity contribution in [1.29, 1.82) is 0 Å². The molecule has 6 heteroatoms. The normalized spacial score (nSPS) is 24.5. The van der Waals surface area contributed by atoms with Crippen LogP contribution in [0.1, 0.15) is 38.2 Å². The van der Waals surface area contributed by atoms with Gasteiger partial charge >= 0.3 is 0 Å². The van der Waals surface area contributed by atoms with Gasteiger partial charge in [0, 0.05) is 31.2 Å². The summed E-state index contributed by atoms with van der Waals surface area (Å²) in [4.78, 5) is 2.58. The number of rotatable bonds is 5.